The maximum absolute atomic E-state index is 13.1. The highest BCUT2D eigenvalue weighted by molar-refractivity contribution is 9.10. The number of carbonyl (C=O) groups excluding carboxylic acids is 1. The first-order valence-corrected chi connectivity index (χ1v) is 9.46. The van der Waals surface area contributed by atoms with Gasteiger partial charge in [0, 0.05) is 21.1 Å². The van der Waals surface area contributed by atoms with Gasteiger partial charge in [-0.1, -0.05) is 0 Å². The van der Waals surface area contributed by atoms with E-state index in [9.17, 15) is 17.6 Å². The van der Waals surface area contributed by atoms with Gasteiger partial charge in [0.05, 0.1) is 11.0 Å². The summed E-state index contributed by atoms with van der Waals surface area (Å²) >= 11 is 3.98. The predicted molar refractivity (Wildman–Crippen MR) is 82.6 cm³/mol. The van der Waals surface area contributed by atoms with E-state index in [1.54, 1.807) is 6.07 Å². The standard InChI is InChI=1S/C12H8BrClFNO3S2/c13-9-5-7(1-3-10(9)15)12(17)16-6-8-2-4-11(20-8)21(14,18)19/h1-5H,6H2,(H,16,17). The number of thiophene rings is 1. The van der Waals surface area contributed by atoms with Gasteiger partial charge in [-0.3, -0.25) is 4.79 Å². The summed E-state index contributed by atoms with van der Waals surface area (Å²) < 4.78 is 35.5. The molecule has 0 aliphatic rings. The molecule has 0 aliphatic heterocycles. The molecule has 1 N–H and O–H groups in total. The Labute approximate surface area is 137 Å². The van der Waals surface area contributed by atoms with Gasteiger partial charge in [0.25, 0.3) is 15.0 Å². The molecule has 0 radical (unpaired) electrons. The second-order valence-corrected chi connectivity index (χ2v) is 8.79. The molecule has 4 nitrogen and oxygen atoms in total. The Morgan fingerprint density at radius 3 is 2.62 bits per heavy atom. The maximum atomic E-state index is 13.1. The monoisotopic (exact) mass is 411 g/mol. The van der Waals surface area contributed by atoms with Crippen molar-refractivity contribution in [1.82, 2.24) is 5.32 Å². The zero-order valence-corrected chi connectivity index (χ0v) is 14.2. The topological polar surface area (TPSA) is 63.2 Å². The van der Waals surface area contributed by atoms with Crippen LogP contribution in [0.4, 0.5) is 4.39 Å². The Morgan fingerprint density at radius 2 is 2.05 bits per heavy atom. The van der Waals surface area contributed by atoms with Crippen molar-refractivity contribution in [2.75, 3.05) is 0 Å². The Kier molecular flexibility index (Phi) is 5.03. The predicted octanol–water partition coefficient (Wildman–Crippen LogP) is 3.51. The van der Waals surface area contributed by atoms with E-state index in [0.717, 1.165) is 11.3 Å². The third-order valence-electron chi connectivity index (χ3n) is 2.48. The molecule has 0 saturated heterocycles. The number of amides is 1. The molecule has 1 amide bonds. The molecule has 2 rings (SSSR count). The van der Waals surface area contributed by atoms with Crippen molar-refractivity contribution in [3.8, 4) is 0 Å². The third kappa shape index (κ3) is 4.26. The summed E-state index contributed by atoms with van der Waals surface area (Å²) in [7, 11) is 1.46. The van der Waals surface area contributed by atoms with Crippen molar-refractivity contribution in [3.05, 3.63) is 51.1 Å². The van der Waals surface area contributed by atoms with Gasteiger partial charge >= 0.3 is 0 Å². The van der Waals surface area contributed by atoms with Gasteiger partial charge in [-0.05, 0) is 46.3 Å². The van der Waals surface area contributed by atoms with Crippen LogP contribution in [-0.2, 0) is 15.6 Å². The van der Waals surface area contributed by atoms with Crippen LogP contribution in [0, 0.1) is 5.82 Å². The lowest BCUT2D eigenvalue weighted by molar-refractivity contribution is 0.0951. The van der Waals surface area contributed by atoms with Crippen molar-refractivity contribution < 1.29 is 17.6 Å². The van der Waals surface area contributed by atoms with Gasteiger partial charge in [0.2, 0.25) is 0 Å². The summed E-state index contributed by atoms with van der Waals surface area (Å²) in [6.45, 7) is 0.158. The first kappa shape index (κ1) is 16.4. The summed E-state index contributed by atoms with van der Waals surface area (Å²) in [6, 6.07) is 6.86. The molecule has 0 fully saturated rings. The highest BCUT2D eigenvalue weighted by atomic mass is 79.9. The molecule has 0 spiro atoms. The lowest BCUT2D eigenvalue weighted by Crippen LogP contribution is -2.22. The second kappa shape index (κ2) is 6.43. The van der Waals surface area contributed by atoms with Crippen LogP contribution in [0.25, 0.3) is 0 Å². The Bertz CT molecular complexity index is 792. The smallest absolute Gasteiger partial charge is 0.270 e. The Balaban J connectivity index is 2.04. The Morgan fingerprint density at radius 1 is 1.33 bits per heavy atom. The summed E-state index contributed by atoms with van der Waals surface area (Å²) in [5.41, 5.74) is 0.296. The number of rotatable bonds is 4. The van der Waals surface area contributed by atoms with Gasteiger partial charge in [-0.15, -0.1) is 11.3 Å². The van der Waals surface area contributed by atoms with E-state index >= 15 is 0 Å². The van der Waals surface area contributed by atoms with Crippen molar-refractivity contribution in [2.24, 2.45) is 0 Å². The normalized spacial score (nSPS) is 11.4. The SMILES string of the molecule is O=C(NCc1ccc(S(=O)(=O)Cl)s1)c1ccc(F)c(Br)c1. The number of nitrogens with one attached hydrogen (secondary N) is 1. The lowest BCUT2D eigenvalue weighted by atomic mass is 10.2. The molecule has 1 aromatic carbocycles. The molecule has 1 heterocycles. The van der Waals surface area contributed by atoms with Gasteiger partial charge in [0.1, 0.15) is 10.0 Å². The minimum Gasteiger partial charge on any atom is -0.347 e. The van der Waals surface area contributed by atoms with Crippen LogP contribution < -0.4 is 5.32 Å². The number of benzene rings is 1. The number of halogens is 3. The molecular formula is C12H8BrClFNO3S2. The third-order valence-corrected chi connectivity index (χ3v) is 6.27. The fourth-order valence-electron chi connectivity index (χ4n) is 1.49. The minimum atomic E-state index is -3.75. The number of hydrogen-bond acceptors (Lipinski definition) is 4. The van der Waals surface area contributed by atoms with Crippen LogP contribution in [0.1, 0.15) is 15.2 Å². The van der Waals surface area contributed by atoms with Crippen LogP contribution in [0.3, 0.4) is 0 Å². The molecule has 112 valence electrons. The first-order chi connectivity index (χ1) is 9.77. The van der Waals surface area contributed by atoms with Crippen LogP contribution in [0.5, 0.6) is 0 Å². The van der Waals surface area contributed by atoms with Crippen molar-refractivity contribution in [3.63, 3.8) is 0 Å². The van der Waals surface area contributed by atoms with Crippen molar-refractivity contribution in [2.45, 2.75) is 10.8 Å². The van der Waals surface area contributed by atoms with E-state index < -0.39 is 14.9 Å². The number of hydrogen-bond donors (Lipinski definition) is 1. The van der Waals surface area contributed by atoms with Crippen molar-refractivity contribution in [1.29, 1.82) is 0 Å². The molecule has 21 heavy (non-hydrogen) atoms. The molecule has 0 aliphatic carbocycles. The van der Waals surface area contributed by atoms with Crippen molar-refractivity contribution >= 4 is 52.9 Å². The van der Waals surface area contributed by atoms with E-state index in [1.807, 2.05) is 0 Å². The number of carbonyl (C=O) groups is 1. The maximum Gasteiger partial charge on any atom is 0.270 e. The minimum absolute atomic E-state index is 0.0259. The van der Waals surface area contributed by atoms with E-state index in [-0.39, 0.29) is 21.1 Å². The molecule has 0 unspecified atom stereocenters. The Hall–Kier alpha value is -0.960. The second-order valence-electron chi connectivity index (χ2n) is 3.97. The summed E-state index contributed by atoms with van der Waals surface area (Å²) in [6.07, 6.45) is 0. The van der Waals surface area contributed by atoms with Gasteiger partial charge in [-0.25, -0.2) is 12.8 Å². The zero-order valence-electron chi connectivity index (χ0n) is 10.3. The zero-order chi connectivity index (χ0) is 15.6. The van der Waals surface area contributed by atoms with Crippen LogP contribution in [-0.4, -0.2) is 14.3 Å². The molecule has 2 aromatic rings. The molecule has 9 heteroatoms. The van der Waals surface area contributed by atoms with E-state index in [1.165, 1.54) is 24.3 Å². The van der Waals surface area contributed by atoms with E-state index in [4.69, 9.17) is 10.7 Å². The first-order valence-electron chi connectivity index (χ1n) is 5.54. The molecule has 1 aromatic heterocycles. The van der Waals surface area contributed by atoms with Crippen LogP contribution >= 0.6 is 37.9 Å². The summed E-state index contributed by atoms with van der Waals surface area (Å²) in [5.74, 6) is -0.846. The molecule has 0 atom stereocenters. The molecular weight excluding hydrogens is 405 g/mol. The average molecular weight is 413 g/mol. The molecule has 0 saturated carbocycles. The van der Waals surface area contributed by atoms with Crippen LogP contribution in [0.2, 0.25) is 0 Å². The van der Waals surface area contributed by atoms with E-state index in [2.05, 4.69) is 21.2 Å². The van der Waals surface area contributed by atoms with Gasteiger partial charge in [0.15, 0.2) is 0 Å². The molecule has 0 bridgehead atoms. The fraction of sp³-hybridized carbons (Fsp3) is 0.0833. The largest absolute Gasteiger partial charge is 0.347 e. The lowest BCUT2D eigenvalue weighted by Gasteiger charge is -2.04. The highest BCUT2D eigenvalue weighted by Gasteiger charge is 2.14. The summed E-state index contributed by atoms with van der Waals surface area (Å²) in [5, 5.41) is 2.62. The van der Waals surface area contributed by atoms with Gasteiger partial charge in [-0.2, -0.15) is 0 Å². The quantitative estimate of drug-likeness (QED) is 0.782. The summed E-state index contributed by atoms with van der Waals surface area (Å²) in [4.78, 5) is 12.5. The van der Waals surface area contributed by atoms with E-state index in [0.29, 0.717) is 10.4 Å². The van der Waals surface area contributed by atoms with Gasteiger partial charge < -0.3 is 5.32 Å². The van der Waals surface area contributed by atoms with Crippen LogP contribution in [0.15, 0.2) is 39.0 Å². The highest BCUT2D eigenvalue weighted by Crippen LogP contribution is 2.24. The average Bonchev–Trinajstić information content (AvgIpc) is 2.88. The fourth-order valence-corrected chi connectivity index (χ4v) is 3.93.